The summed E-state index contributed by atoms with van der Waals surface area (Å²) in [5.74, 6) is -0.189. The monoisotopic (exact) mass is 353 g/mol. The van der Waals surface area contributed by atoms with Crippen molar-refractivity contribution in [3.63, 3.8) is 0 Å². The van der Waals surface area contributed by atoms with Crippen LogP contribution >= 0.6 is 34.8 Å². The number of carbonyl (C=O) groups excluding carboxylic acids is 1. The third-order valence-corrected chi connectivity index (χ3v) is 3.85. The van der Waals surface area contributed by atoms with Crippen molar-refractivity contribution >= 4 is 46.3 Å². The fourth-order valence-electron chi connectivity index (χ4n) is 2.01. The van der Waals surface area contributed by atoms with E-state index in [9.17, 15) is 4.79 Å². The molecule has 5 heteroatoms. The molecule has 2 nitrogen and oxygen atoms in total. The normalized spacial score (nSPS) is 11.4. The second-order valence-corrected chi connectivity index (χ2v) is 6.20. The average molecular weight is 355 g/mol. The quantitative estimate of drug-likeness (QED) is 0.539. The number of ketones is 1. The lowest BCUT2D eigenvalue weighted by Gasteiger charge is -2.17. The van der Waals surface area contributed by atoms with Crippen LogP contribution < -0.4 is 0 Å². The molecule has 0 aliphatic carbocycles. The lowest BCUT2D eigenvalue weighted by molar-refractivity contribution is 0.104. The molecule has 0 saturated carbocycles. The Bertz CT molecular complexity index is 738. The Morgan fingerprint density at radius 1 is 1.00 bits per heavy atom. The Labute approximate surface area is 144 Å². The topological polar surface area (TPSA) is 20.3 Å². The van der Waals surface area contributed by atoms with Crippen LogP contribution in [0.3, 0.4) is 0 Å². The molecule has 0 N–H and O–H groups in total. The molecule has 0 heterocycles. The van der Waals surface area contributed by atoms with Crippen molar-refractivity contribution in [2.45, 2.75) is 0 Å². The molecule has 22 heavy (non-hydrogen) atoms. The van der Waals surface area contributed by atoms with Crippen LogP contribution in [0.2, 0.25) is 15.1 Å². The standard InChI is InChI=1S/C17H14Cl3NO/c1-21(2)16(11-4-3-5-12(18)8-11)10-17(22)14-7-6-13(19)9-15(14)20/h3-10H,1-2H3. The lowest BCUT2D eigenvalue weighted by atomic mass is 10.1. The number of allylic oxidation sites excluding steroid dienone is 1. The highest BCUT2D eigenvalue weighted by atomic mass is 35.5. The Morgan fingerprint density at radius 3 is 2.27 bits per heavy atom. The smallest absolute Gasteiger partial charge is 0.189 e. The molecule has 0 spiro atoms. The summed E-state index contributed by atoms with van der Waals surface area (Å²) in [6.45, 7) is 0. The van der Waals surface area contributed by atoms with Gasteiger partial charge in [0, 0.05) is 41.5 Å². The van der Waals surface area contributed by atoms with E-state index in [1.807, 2.05) is 37.2 Å². The van der Waals surface area contributed by atoms with Crippen molar-refractivity contribution in [1.29, 1.82) is 0 Å². The molecular formula is C17H14Cl3NO. The van der Waals surface area contributed by atoms with Gasteiger partial charge in [-0.3, -0.25) is 4.79 Å². The van der Waals surface area contributed by atoms with E-state index in [4.69, 9.17) is 34.8 Å². The predicted molar refractivity (Wildman–Crippen MR) is 93.9 cm³/mol. The molecule has 0 bridgehead atoms. The van der Waals surface area contributed by atoms with Gasteiger partial charge in [-0.2, -0.15) is 0 Å². The summed E-state index contributed by atoms with van der Waals surface area (Å²) in [5, 5.41) is 1.44. The van der Waals surface area contributed by atoms with E-state index in [-0.39, 0.29) is 5.78 Å². The SMILES string of the molecule is CN(C)C(=CC(=O)c1ccc(Cl)cc1Cl)c1cccc(Cl)c1. The summed E-state index contributed by atoms with van der Waals surface area (Å²) < 4.78 is 0. The molecule has 2 aromatic rings. The van der Waals surface area contributed by atoms with E-state index in [1.165, 1.54) is 0 Å². The van der Waals surface area contributed by atoms with E-state index >= 15 is 0 Å². The highest BCUT2D eigenvalue weighted by molar-refractivity contribution is 6.37. The first-order valence-electron chi connectivity index (χ1n) is 6.53. The van der Waals surface area contributed by atoms with Gasteiger partial charge in [-0.15, -0.1) is 0 Å². The number of halogens is 3. The van der Waals surface area contributed by atoms with Crippen molar-refractivity contribution in [2.24, 2.45) is 0 Å². The van der Waals surface area contributed by atoms with Gasteiger partial charge in [0.15, 0.2) is 5.78 Å². The summed E-state index contributed by atoms with van der Waals surface area (Å²) in [5.41, 5.74) is 2.02. The molecule has 0 aliphatic heterocycles. The van der Waals surface area contributed by atoms with Gasteiger partial charge >= 0.3 is 0 Å². The fraction of sp³-hybridized carbons (Fsp3) is 0.118. The number of hydrogen-bond donors (Lipinski definition) is 0. The first-order valence-corrected chi connectivity index (χ1v) is 7.66. The van der Waals surface area contributed by atoms with Crippen LogP contribution in [-0.4, -0.2) is 24.8 Å². The second-order valence-electron chi connectivity index (χ2n) is 4.92. The van der Waals surface area contributed by atoms with Gasteiger partial charge in [-0.25, -0.2) is 0 Å². The maximum atomic E-state index is 12.5. The van der Waals surface area contributed by atoms with E-state index in [2.05, 4.69) is 0 Å². The molecule has 0 unspecified atom stereocenters. The van der Waals surface area contributed by atoms with Crippen molar-refractivity contribution in [3.8, 4) is 0 Å². The van der Waals surface area contributed by atoms with Gasteiger partial charge in [0.05, 0.1) is 5.02 Å². The van der Waals surface area contributed by atoms with Gasteiger partial charge < -0.3 is 4.90 Å². The van der Waals surface area contributed by atoms with Crippen LogP contribution in [-0.2, 0) is 0 Å². The molecule has 2 rings (SSSR count). The van der Waals surface area contributed by atoms with E-state index in [0.717, 1.165) is 11.3 Å². The molecule has 0 aromatic heterocycles. The van der Waals surface area contributed by atoms with Crippen molar-refractivity contribution < 1.29 is 4.79 Å². The molecule has 0 saturated heterocycles. The highest BCUT2D eigenvalue weighted by Crippen LogP contribution is 2.25. The Kier molecular flexibility index (Phi) is 5.52. The summed E-state index contributed by atoms with van der Waals surface area (Å²) >= 11 is 18.0. The molecule has 0 atom stereocenters. The number of rotatable bonds is 4. The van der Waals surface area contributed by atoms with Crippen LogP contribution in [0.1, 0.15) is 15.9 Å². The molecule has 0 amide bonds. The zero-order chi connectivity index (χ0) is 16.3. The number of benzene rings is 2. The first kappa shape index (κ1) is 16.9. The van der Waals surface area contributed by atoms with Gasteiger partial charge in [-0.1, -0.05) is 46.9 Å². The average Bonchev–Trinajstić information content (AvgIpc) is 2.44. The minimum atomic E-state index is -0.189. The number of carbonyl (C=O) groups is 1. The molecule has 0 radical (unpaired) electrons. The van der Waals surface area contributed by atoms with E-state index in [1.54, 1.807) is 30.3 Å². The molecule has 0 fully saturated rings. The molecule has 0 aliphatic rings. The third kappa shape index (κ3) is 4.04. The maximum Gasteiger partial charge on any atom is 0.189 e. The van der Waals surface area contributed by atoms with Crippen LogP contribution in [0, 0.1) is 0 Å². The zero-order valence-electron chi connectivity index (χ0n) is 12.1. The Morgan fingerprint density at radius 2 is 1.68 bits per heavy atom. The van der Waals surface area contributed by atoms with Crippen LogP contribution in [0.5, 0.6) is 0 Å². The largest absolute Gasteiger partial charge is 0.377 e. The summed E-state index contributed by atoms with van der Waals surface area (Å²) in [6.07, 6.45) is 1.54. The molecule has 2 aromatic carbocycles. The van der Waals surface area contributed by atoms with Crippen LogP contribution in [0.25, 0.3) is 5.70 Å². The van der Waals surface area contributed by atoms with E-state index in [0.29, 0.717) is 20.6 Å². The van der Waals surface area contributed by atoms with Crippen molar-refractivity contribution in [1.82, 2.24) is 4.90 Å². The number of nitrogens with zero attached hydrogens (tertiary/aromatic N) is 1. The van der Waals surface area contributed by atoms with Crippen LogP contribution in [0.4, 0.5) is 0 Å². The van der Waals surface area contributed by atoms with Gasteiger partial charge in [0.25, 0.3) is 0 Å². The summed E-state index contributed by atoms with van der Waals surface area (Å²) in [6, 6.07) is 12.2. The fourth-order valence-corrected chi connectivity index (χ4v) is 2.70. The van der Waals surface area contributed by atoms with Gasteiger partial charge in [-0.05, 0) is 35.9 Å². The van der Waals surface area contributed by atoms with Crippen molar-refractivity contribution in [3.05, 3.63) is 74.7 Å². The minimum Gasteiger partial charge on any atom is -0.377 e. The maximum absolute atomic E-state index is 12.5. The van der Waals surface area contributed by atoms with Gasteiger partial charge in [0.1, 0.15) is 0 Å². The number of hydrogen-bond acceptors (Lipinski definition) is 2. The van der Waals surface area contributed by atoms with Gasteiger partial charge in [0.2, 0.25) is 0 Å². The lowest BCUT2D eigenvalue weighted by Crippen LogP contribution is -2.12. The minimum absolute atomic E-state index is 0.189. The Hall–Kier alpha value is -1.48. The zero-order valence-corrected chi connectivity index (χ0v) is 14.4. The van der Waals surface area contributed by atoms with E-state index < -0.39 is 0 Å². The molecular weight excluding hydrogens is 341 g/mol. The van der Waals surface area contributed by atoms with Crippen molar-refractivity contribution in [2.75, 3.05) is 14.1 Å². The molecule has 114 valence electrons. The summed E-state index contributed by atoms with van der Waals surface area (Å²) in [4.78, 5) is 14.3. The third-order valence-electron chi connectivity index (χ3n) is 3.07. The van der Waals surface area contributed by atoms with Crippen LogP contribution in [0.15, 0.2) is 48.5 Å². The highest BCUT2D eigenvalue weighted by Gasteiger charge is 2.12. The summed E-state index contributed by atoms with van der Waals surface area (Å²) in [7, 11) is 3.73. The predicted octanol–water partition coefficient (Wildman–Crippen LogP) is 5.43. The second kappa shape index (κ2) is 7.19. The first-order chi connectivity index (χ1) is 10.4. The Balaban J connectivity index is 2.44.